The third-order valence-corrected chi connectivity index (χ3v) is 1.91. The Hall–Kier alpha value is -0.550. The van der Waals surface area contributed by atoms with Crippen LogP contribution in [0.4, 0.5) is 4.39 Å². The molecule has 1 aliphatic carbocycles. The summed E-state index contributed by atoms with van der Waals surface area (Å²) >= 11 is 0. The molecule has 2 heteroatoms. The van der Waals surface area contributed by atoms with E-state index in [0.29, 0.717) is 6.42 Å². The van der Waals surface area contributed by atoms with E-state index in [1.165, 1.54) is 6.17 Å². The van der Waals surface area contributed by atoms with E-state index in [0.717, 1.165) is 19.3 Å². The van der Waals surface area contributed by atoms with Crippen LogP contribution >= 0.6 is 0 Å². The van der Waals surface area contributed by atoms with Crippen LogP contribution in [0.2, 0.25) is 0 Å². The SMILES string of the molecule is OC1CCCC(C#CF)C1. The van der Waals surface area contributed by atoms with Crippen LogP contribution in [0.15, 0.2) is 0 Å². The van der Waals surface area contributed by atoms with E-state index in [9.17, 15) is 4.39 Å². The van der Waals surface area contributed by atoms with Crippen LogP contribution < -0.4 is 0 Å². The molecule has 0 aromatic rings. The Morgan fingerprint density at radius 3 is 2.80 bits per heavy atom. The molecular weight excluding hydrogens is 131 g/mol. The zero-order valence-electron chi connectivity index (χ0n) is 5.81. The summed E-state index contributed by atoms with van der Waals surface area (Å²) < 4.78 is 11.5. The smallest absolute Gasteiger partial charge is 0.105 e. The van der Waals surface area contributed by atoms with Crippen molar-refractivity contribution in [2.75, 3.05) is 0 Å². The van der Waals surface area contributed by atoms with Crippen molar-refractivity contribution in [1.29, 1.82) is 0 Å². The zero-order chi connectivity index (χ0) is 7.40. The van der Waals surface area contributed by atoms with Gasteiger partial charge in [0.2, 0.25) is 0 Å². The first kappa shape index (κ1) is 7.56. The molecule has 1 nitrogen and oxygen atoms in total. The Balaban J connectivity index is 2.37. The van der Waals surface area contributed by atoms with E-state index in [2.05, 4.69) is 5.92 Å². The minimum atomic E-state index is -0.250. The van der Waals surface area contributed by atoms with Crippen molar-refractivity contribution in [3.8, 4) is 12.1 Å². The lowest BCUT2D eigenvalue weighted by molar-refractivity contribution is 0.115. The summed E-state index contributed by atoms with van der Waals surface area (Å²) in [6.45, 7) is 0. The van der Waals surface area contributed by atoms with Gasteiger partial charge in [0, 0.05) is 5.92 Å². The normalized spacial score (nSPS) is 32.6. The first-order chi connectivity index (χ1) is 4.83. The largest absolute Gasteiger partial charge is 0.393 e. The lowest BCUT2D eigenvalue weighted by Crippen LogP contribution is -2.18. The van der Waals surface area contributed by atoms with E-state index in [1.54, 1.807) is 0 Å². The second kappa shape index (κ2) is 3.58. The molecule has 10 heavy (non-hydrogen) atoms. The average molecular weight is 142 g/mol. The van der Waals surface area contributed by atoms with Gasteiger partial charge in [-0.2, -0.15) is 0 Å². The lowest BCUT2D eigenvalue weighted by Gasteiger charge is -2.20. The van der Waals surface area contributed by atoms with Crippen molar-refractivity contribution in [2.24, 2.45) is 5.92 Å². The molecule has 1 saturated carbocycles. The predicted octanol–water partition coefficient (Wildman–Crippen LogP) is 1.47. The van der Waals surface area contributed by atoms with Gasteiger partial charge in [-0.15, -0.1) is 4.39 Å². The van der Waals surface area contributed by atoms with Crippen LogP contribution in [0.5, 0.6) is 0 Å². The molecule has 1 rings (SSSR count). The first-order valence-electron chi connectivity index (χ1n) is 3.62. The van der Waals surface area contributed by atoms with Gasteiger partial charge in [0.1, 0.15) is 6.17 Å². The zero-order valence-corrected chi connectivity index (χ0v) is 5.81. The second-order valence-electron chi connectivity index (χ2n) is 2.76. The van der Waals surface area contributed by atoms with Gasteiger partial charge >= 0.3 is 0 Å². The van der Waals surface area contributed by atoms with Crippen LogP contribution in [-0.4, -0.2) is 11.2 Å². The van der Waals surface area contributed by atoms with Crippen molar-refractivity contribution in [3.05, 3.63) is 0 Å². The molecule has 0 bridgehead atoms. The molecule has 1 aliphatic rings. The van der Waals surface area contributed by atoms with Gasteiger partial charge in [0.15, 0.2) is 0 Å². The van der Waals surface area contributed by atoms with Crippen LogP contribution in [0.1, 0.15) is 25.7 Å². The summed E-state index contributed by atoms with van der Waals surface area (Å²) in [7, 11) is 0. The van der Waals surface area contributed by atoms with E-state index >= 15 is 0 Å². The van der Waals surface area contributed by atoms with Crippen LogP contribution in [0.25, 0.3) is 0 Å². The Morgan fingerprint density at radius 2 is 2.20 bits per heavy atom. The Morgan fingerprint density at radius 1 is 1.40 bits per heavy atom. The Bertz CT molecular complexity index is 156. The van der Waals surface area contributed by atoms with Gasteiger partial charge in [0.05, 0.1) is 6.10 Å². The molecule has 1 fully saturated rings. The van der Waals surface area contributed by atoms with E-state index in [-0.39, 0.29) is 12.0 Å². The van der Waals surface area contributed by atoms with Crippen molar-refractivity contribution in [1.82, 2.24) is 0 Å². The standard InChI is InChI=1S/C8H11FO/c9-5-4-7-2-1-3-8(10)6-7/h7-8,10H,1-3,6H2. The summed E-state index contributed by atoms with van der Waals surface area (Å²) in [5.41, 5.74) is 0. The average Bonchev–Trinajstić information content (AvgIpc) is 1.88. The topological polar surface area (TPSA) is 20.2 Å². The van der Waals surface area contributed by atoms with Crippen LogP contribution in [0, 0.1) is 18.0 Å². The van der Waals surface area contributed by atoms with Gasteiger partial charge in [-0.25, -0.2) is 0 Å². The van der Waals surface area contributed by atoms with Crippen molar-refractivity contribution in [3.63, 3.8) is 0 Å². The summed E-state index contributed by atoms with van der Waals surface area (Å²) in [4.78, 5) is 0. The monoisotopic (exact) mass is 142 g/mol. The summed E-state index contributed by atoms with van der Waals surface area (Å²) in [6, 6.07) is 0. The van der Waals surface area contributed by atoms with Crippen molar-refractivity contribution >= 4 is 0 Å². The highest BCUT2D eigenvalue weighted by Crippen LogP contribution is 2.23. The number of halogens is 1. The van der Waals surface area contributed by atoms with Gasteiger partial charge in [-0.3, -0.25) is 0 Å². The second-order valence-corrected chi connectivity index (χ2v) is 2.76. The first-order valence-corrected chi connectivity index (χ1v) is 3.62. The van der Waals surface area contributed by atoms with Crippen molar-refractivity contribution < 1.29 is 9.50 Å². The van der Waals surface area contributed by atoms with Gasteiger partial charge in [-0.1, -0.05) is 5.92 Å². The number of hydrogen-bond acceptors (Lipinski definition) is 1. The summed E-state index contributed by atoms with van der Waals surface area (Å²) in [5, 5.41) is 9.12. The van der Waals surface area contributed by atoms with Gasteiger partial charge in [-0.05, 0) is 25.7 Å². The highest BCUT2D eigenvalue weighted by Gasteiger charge is 2.17. The lowest BCUT2D eigenvalue weighted by atomic mass is 9.88. The number of aliphatic hydroxyl groups is 1. The van der Waals surface area contributed by atoms with E-state index in [1.807, 2.05) is 0 Å². The quantitative estimate of drug-likeness (QED) is 0.508. The Kier molecular flexibility index (Phi) is 2.70. The number of aliphatic hydroxyl groups excluding tert-OH is 1. The molecule has 0 radical (unpaired) electrons. The molecule has 0 aromatic carbocycles. The highest BCUT2D eigenvalue weighted by atomic mass is 19.1. The fourth-order valence-corrected chi connectivity index (χ4v) is 1.37. The predicted molar refractivity (Wildman–Crippen MR) is 36.8 cm³/mol. The molecule has 0 saturated heterocycles. The number of rotatable bonds is 0. The fourth-order valence-electron chi connectivity index (χ4n) is 1.37. The maximum Gasteiger partial charge on any atom is 0.105 e. The third-order valence-electron chi connectivity index (χ3n) is 1.91. The molecule has 2 atom stereocenters. The molecular formula is C8H11FO. The molecule has 0 aromatic heterocycles. The molecule has 2 unspecified atom stereocenters. The van der Waals surface area contributed by atoms with E-state index in [4.69, 9.17) is 5.11 Å². The molecule has 56 valence electrons. The Labute approximate surface area is 60.2 Å². The molecule has 0 spiro atoms. The third kappa shape index (κ3) is 2.00. The highest BCUT2D eigenvalue weighted by molar-refractivity contribution is 4.99. The maximum absolute atomic E-state index is 11.5. The molecule has 0 heterocycles. The van der Waals surface area contributed by atoms with Crippen molar-refractivity contribution in [2.45, 2.75) is 31.8 Å². The summed E-state index contributed by atoms with van der Waals surface area (Å²) in [5.74, 6) is 2.53. The number of hydrogen-bond donors (Lipinski definition) is 1. The van der Waals surface area contributed by atoms with Crippen LogP contribution in [-0.2, 0) is 0 Å². The molecule has 1 N–H and O–H groups in total. The molecule has 0 aliphatic heterocycles. The fraction of sp³-hybridized carbons (Fsp3) is 0.750. The van der Waals surface area contributed by atoms with E-state index < -0.39 is 0 Å². The minimum absolute atomic E-state index is 0.0914. The maximum atomic E-state index is 11.5. The summed E-state index contributed by atoms with van der Waals surface area (Å²) in [6.07, 6.45) is 4.56. The molecule has 0 amide bonds. The van der Waals surface area contributed by atoms with Crippen LogP contribution in [0.3, 0.4) is 0 Å². The van der Waals surface area contributed by atoms with Gasteiger partial charge in [0.25, 0.3) is 0 Å². The van der Waals surface area contributed by atoms with Gasteiger partial charge < -0.3 is 5.11 Å². The minimum Gasteiger partial charge on any atom is -0.393 e.